The quantitative estimate of drug-likeness (QED) is 0.873. The van der Waals surface area contributed by atoms with Gasteiger partial charge in [-0.2, -0.15) is 0 Å². The summed E-state index contributed by atoms with van der Waals surface area (Å²) in [7, 11) is 0. The van der Waals surface area contributed by atoms with E-state index in [2.05, 4.69) is 4.90 Å². The van der Waals surface area contributed by atoms with Crippen LogP contribution in [-0.2, 0) is 15.3 Å². The highest BCUT2D eigenvalue weighted by atomic mass is 19.1. The van der Waals surface area contributed by atoms with Crippen LogP contribution < -0.4 is 0 Å². The number of piperidine rings is 1. The fraction of sp³-hybridized carbons (Fsp3) is 0.667. The largest absolute Gasteiger partial charge is 0.396 e. The van der Waals surface area contributed by atoms with E-state index in [1.807, 2.05) is 0 Å². The Morgan fingerprint density at radius 2 is 1.96 bits per heavy atom. The number of halogens is 1. The van der Waals surface area contributed by atoms with E-state index in [1.54, 1.807) is 12.1 Å². The maximum absolute atomic E-state index is 13.2. The first-order valence-electron chi connectivity index (χ1n) is 8.59. The molecule has 1 aromatic rings. The van der Waals surface area contributed by atoms with Crippen molar-refractivity contribution >= 4 is 0 Å². The zero-order valence-corrected chi connectivity index (χ0v) is 13.5. The van der Waals surface area contributed by atoms with Crippen molar-refractivity contribution < 1.29 is 19.0 Å². The summed E-state index contributed by atoms with van der Waals surface area (Å²) in [5.74, 6) is -0.557. The van der Waals surface area contributed by atoms with Gasteiger partial charge >= 0.3 is 0 Å². The molecule has 23 heavy (non-hydrogen) atoms. The van der Waals surface area contributed by atoms with Gasteiger partial charge < -0.3 is 19.5 Å². The van der Waals surface area contributed by atoms with E-state index in [0.29, 0.717) is 19.1 Å². The number of ether oxygens (including phenoxy) is 2. The average Bonchev–Trinajstić information content (AvgIpc) is 3.06. The summed E-state index contributed by atoms with van der Waals surface area (Å²) >= 11 is 0. The lowest BCUT2D eigenvalue weighted by Crippen LogP contribution is -2.38. The molecule has 1 unspecified atom stereocenters. The molecule has 1 N–H and O–H groups in total. The Balaban J connectivity index is 1.57. The molecule has 0 aromatic heterocycles. The first kappa shape index (κ1) is 16.8. The van der Waals surface area contributed by atoms with Crippen LogP contribution in [0.5, 0.6) is 0 Å². The maximum atomic E-state index is 13.2. The second-order valence-electron chi connectivity index (χ2n) is 6.55. The second kappa shape index (κ2) is 7.71. The molecule has 0 spiro atoms. The van der Waals surface area contributed by atoms with Crippen molar-refractivity contribution in [2.75, 3.05) is 39.5 Å². The fourth-order valence-electron chi connectivity index (χ4n) is 3.65. The Hall–Kier alpha value is -1.01. The molecule has 2 heterocycles. The summed E-state index contributed by atoms with van der Waals surface area (Å²) in [6, 6.07) is 6.42. The van der Waals surface area contributed by atoms with Gasteiger partial charge in [0, 0.05) is 25.1 Å². The molecule has 0 aliphatic carbocycles. The third kappa shape index (κ3) is 4.10. The van der Waals surface area contributed by atoms with Gasteiger partial charge in [-0.15, -0.1) is 0 Å². The number of hydrogen-bond donors (Lipinski definition) is 1. The van der Waals surface area contributed by atoms with Gasteiger partial charge in [0.15, 0.2) is 5.79 Å². The average molecular weight is 323 g/mol. The molecule has 2 aliphatic rings. The molecule has 0 radical (unpaired) electrons. The highest BCUT2D eigenvalue weighted by Gasteiger charge is 2.38. The molecule has 5 heteroatoms. The normalized spacial score (nSPS) is 24.9. The Labute approximate surface area is 137 Å². The molecular formula is C18H26FNO3. The molecule has 0 amide bonds. The molecule has 3 rings (SSSR count). The summed E-state index contributed by atoms with van der Waals surface area (Å²) in [4.78, 5) is 2.41. The highest BCUT2D eigenvalue weighted by Crippen LogP contribution is 2.36. The topological polar surface area (TPSA) is 41.9 Å². The summed E-state index contributed by atoms with van der Waals surface area (Å²) < 4.78 is 24.9. The van der Waals surface area contributed by atoms with E-state index < -0.39 is 5.79 Å². The van der Waals surface area contributed by atoms with Crippen LogP contribution in [0.1, 0.15) is 31.2 Å². The van der Waals surface area contributed by atoms with E-state index in [1.165, 1.54) is 12.1 Å². The Morgan fingerprint density at radius 3 is 2.65 bits per heavy atom. The smallest absolute Gasteiger partial charge is 0.195 e. The first-order valence-corrected chi connectivity index (χ1v) is 8.59. The van der Waals surface area contributed by atoms with E-state index in [4.69, 9.17) is 9.47 Å². The lowest BCUT2D eigenvalue weighted by Gasteiger charge is -2.33. The first-order chi connectivity index (χ1) is 11.2. The number of aliphatic hydroxyl groups excluding tert-OH is 1. The predicted octanol–water partition coefficient (Wildman–Crippen LogP) is 2.51. The Bertz CT molecular complexity index is 488. The second-order valence-corrected chi connectivity index (χ2v) is 6.55. The van der Waals surface area contributed by atoms with Crippen molar-refractivity contribution in [3.8, 4) is 0 Å². The standard InChI is InChI=1S/C18H26FNO3/c19-17-6-4-16(5-7-17)18(22-11-12-23-18)8-2-10-20-9-1-3-15(13-20)14-21/h4-7,15,21H,1-3,8-14H2. The van der Waals surface area contributed by atoms with Crippen molar-refractivity contribution in [1.29, 1.82) is 0 Å². The van der Waals surface area contributed by atoms with Crippen LogP contribution in [0.4, 0.5) is 4.39 Å². The van der Waals surface area contributed by atoms with Gasteiger partial charge in [0.05, 0.1) is 13.2 Å². The fourth-order valence-corrected chi connectivity index (χ4v) is 3.65. The van der Waals surface area contributed by atoms with Gasteiger partial charge in [-0.3, -0.25) is 0 Å². The lowest BCUT2D eigenvalue weighted by atomic mass is 9.97. The SMILES string of the molecule is OCC1CCCN(CCCC2(c3ccc(F)cc3)OCCO2)C1. The van der Waals surface area contributed by atoms with E-state index in [0.717, 1.165) is 50.9 Å². The molecule has 2 aliphatic heterocycles. The molecule has 1 atom stereocenters. The van der Waals surface area contributed by atoms with Gasteiger partial charge in [0.1, 0.15) is 5.82 Å². The van der Waals surface area contributed by atoms with Crippen LogP contribution in [-0.4, -0.2) is 49.5 Å². The number of nitrogens with zero attached hydrogens (tertiary/aromatic N) is 1. The van der Waals surface area contributed by atoms with Gasteiger partial charge in [-0.1, -0.05) is 12.1 Å². The molecule has 2 saturated heterocycles. The van der Waals surface area contributed by atoms with E-state index in [-0.39, 0.29) is 12.4 Å². The number of aliphatic hydroxyl groups is 1. The molecule has 4 nitrogen and oxygen atoms in total. The molecular weight excluding hydrogens is 297 g/mol. The van der Waals surface area contributed by atoms with Crippen LogP contribution >= 0.6 is 0 Å². The minimum Gasteiger partial charge on any atom is -0.396 e. The van der Waals surface area contributed by atoms with Crippen LogP contribution in [0.25, 0.3) is 0 Å². The summed E-state index contributed by atoms with van der Waals surface area (Å²) in [5, 5.41) is 9.32. The number of rotatable bonds is 6. The monoisotopic (exact) mass is 323 g/mol. The van der Waals surface area contributed by atoms with Gasteiger partial charge in [0.2, 0.25) is 0 Å². The van der Waals surface area contributed by atoms with Crippen LogP contribution in [0.3, 0.4) is 0 Å². The number of likely N-dealkylation sites (tertiary alicyclic amines) is 1. The van der Waals surface area contributed by atoms with E-state index >= 15 is 0 Å². The zero-order chi connectivity index (χ0) is 16.1. The minimum atomic E-state index is -0.722. The number of hydrogen-bond acceptors (Lipinski definition) is 4. The Kier molecular flexibility index (Phi) is 5.64. The highest BCUT2D eigenvalue weighted by molar-refractivity contribution is 5.22. The van der Waals surface area contributed by atoms with Crippen molar-refractivity contribution in [1.82, 2.24) is 4.90 Å². The van der Waals surface area contributed by atoms with Crippen molar-refractivity contribution in [3.05, 3.63) is 35.6 Å². The van der Waals surface area contributed by atoms with Crippen LogP contribution in [0.15, 0.2) is 24.3 Å². The third-order valence-electron chi connectivity index (χ3n) is 4.88. The van der Waals surface area contributed by atoms with Crippen LogP contribution in [0, 0.1) is 11.7 Å². The number of benzene rings is 1. The van der Waals surface area contributed by atoms with Crippen molar-refractivity contribution in [2.24, 2.45) is 5.92 Å². The van der Waals surface area contributed by atoms with Gasteiger partial charge in [-0.25, -0.2) is 4.39 Å². The molecule has 0 bridgehead atoms. The summed E-state index contributed by atoms with van der Waals surface area (Å²) in [5.41, 5.74) is 0.892. The molecule has 2 fully saturated rings. The summed E-state index contributed by atoms with van der Waals surface area (Å²) in [6.07, 6.45) is 3.99. The van der Waals surface area contributed by atoms with Gasteiger partial charge in [-0.05, 0) is 50.4 Å². The Morgan fingerprint density at radius 1 is 1.22 bits per heavy atom. The lowest BCUT2D eigenvalue weighted by molar-refractivity contribution is -0.172. The minimum absolute atomic E-state index is 0.245. The van der Waals surface area contributed by atoms with Crippen molar-refractivity contribution in [3.63, 3.8) is 0 Å². The molecule has 128 valence electrons. The maximum Gasteiger partial charge on any atom is 0.195 e. The molecule has 0 saturated carbocycles. The predicted molar refractivity (Wildman–Crippen MR) is 85.5 cm³/mol. The zero-order valence-electron chi connectivity index (χ0n) is 13.5. The summed E-state index contributed by atoms with van der Waals surface area (Å²) in [6.45, 7) is 4.49. The van der Waals surface area contributed by atoms with E-state index in [9.17, 15) is 9.50 Å². The van der Waals surface area contributed by atoms with Crippen molar-refractivity contribution in [2.45, 2.75) is 31.5 Å². The third-order valence-corrected chi connectivity index (χ3v) is 4.88. The van der Waals surface area contributed by atoms with Gasteiger partial charge in [0.25, 0.3) is 0 Å². The molecule has 1 aromatic carbocycles. The van der Waals surface area contributed by atoms with Crippen LogP contribution in [0.2, 0.25) is 0 Å².